The Morgan fingerprint density at radius 3 is 2.87 bits per heavy atom. The molecule has 0 radical (unpaired) electrons. The molecular formula is C17H14ClN3O2. The number of halogens is 1. The lowest BCUT2D eigenvalue weighted by Gasteiger charge is -2.15. The molecule has 5 nitrogen and oxygen atoms in total. The standard InChI is InChI=1S/C17H14ClN3O2/c1-21(11-12-4-3-7-19-10-12)17(22)15-9-16(23-20-15)13-5-2-6-14(18)8-13/h2-10H,11H2,1H3. The highest BCUT2D eigenvalue weighted by atomic mass is 35.5. The van der Waals surface area contributed by atoms with Crippen LogP contribution in [0.5, 0.6) is 0 Å². The molecule has 1 aromatic carbocycles. The van der Waals surface area contributed by atoms with Crippen LogP contribution in [0.25, 0.3) is 11.3 Å². The molecule has 23 heavy (non-hydrogen) atoms. The van der Waals surface area contributed by atoms with Gasteiger partial charge in [0, 0.05) is 42.6 Å². The van der Waals surface area contributed by atoms with Gasteiger partial charge in [-0.25, -0.2) is 0 Å². The number of carbonyl (C=O) groups is 1. The van der Waals surface area contributed by atoms with E-state index in [4.69, 9.17) is 16.1 Å². The van der Waals surface area contributed by atoms with Crippen LogP contribution in [-0.2, 0) is 6.54 Å². The molecular weight excluding hydrogens is 314 g/mol. The Balaban J connectivity index is 1.76. The molecule has 0 atom stereocenters. The van der Waals surface area contributed by atoms with Gasteiger partial charge in [0.1, 0.15) is 0 Å². The van der Waals surface area contributed by atoms with Crippen LogP contribution in [0, 0.1) is 0 Å². The number of hydrogen-bond acceptors (Lipinski definition) is 4. The van der Waals surface area contributed by atoms with Crippen LogP contribution < -0.4 is 0 Å². The molecule has 3 aromatic rings. The van der Waals surface area contributed by atoms with Crippen molar-refractivity contribution in [1.82, 2.24) is 15.0 Å². The van der Waals surface area contributed by atoms with Gasteiger partial charge in [-0.1, -0.05) is 35.0 Å². The minimum absolute atomic E-state index is 0.217. The number of nitrogens with zero attached hydrogens (tertiary/aromatic N) is 3. The Labute approximate surface area is 138 Å². The van der Waals surface area contributed by atoms with Crippen LogP contribution >= 0.6 is 11.6 Å². The van der Waals surface area contributed by atoms with Crippen molar-refractivity contribution in [2.45, 2.75) is 6.54 Å². The molecule has 0 N–H and O–H groups in total. The highest BCUT2D eigenvalue weighted by Crippen LogP contribution is 2.23. The molecule has 0 saturated carbocycles. The van der Waals surface area contributed by atoms with E-state index in [1.54, 1.807) is 42.5 Å². The zero-order valence-corrected chi connectivity index (χ0v) is 13.2. The fourth-order valence-electron chi connectivity index (χ4n) is 2.19. The smallest absolute Gasteiger partial charge is 0.276 e. The second-order valence-electron chi connectivity index (χ2n) is 5.11. The Morgan fingerprint density at radius 1 is 1.26 bits per heavy atom. The van der Waals surface area contributed by atoms with Gasteiger partial charge in [0.2, 0.25) is 0 Å². The normalized spacial score (nSPS) is 10.5. The first-order chi connectivity index (χ1) is 11.1. The summed E-state index contributed by atoms with van der Waals surface area (Å²) in [7, 11) is 1.71. The molecule has 0 spiro atoms. The van der Waals surface area contributed by atoms with Gasteiger partial charge in [0.25, 0.3) is 5.91 Å². The highest BCUT2D eigenvalue weighted by Gasteiger charge is 2.18. The number of amides is 1. The molecule has 116 valence electrons. The summed E-state index contributed by atoms with van der Waals surface area (Å²) in [6.45, 7) is 0.450. The Kier molecular flexibility index (Phi) is 4.39. The van der Waals surface area contributed by atoms with Gasteiger partial charge in [-0.2, -0.15) is 0 Å². The van der Waals surface area contributed by atoms with Crippen molar-refractivity contribution in [2.24, 2.45) is 0 Å². The van der Waals surface area contributed by atoms with E-state index in [1.807, 2.05) is 24.3 Å². The zero-order chi connectivity index (χ0) is 16.2. The Morgan fingerprint density at radius 2 is 2.13 bits per heavy atom. The predicted molar refractivity (Wildman–Crippen MR) is 87.0 cm³/mol. The average molecular weight is 328 g/mol. The van der Waals surface area contributed by atoms with Crippen molar-refractivity contribution in [2.75, 3.05) is 7.05 Å². The van der Waals surface area contributed by atoms with Crippen molar-refractivity contribution in [3.8, 4) is 11.3 Å². The molecule has 2 aromatic heterocycles. The molecule has 0 aliphatic rings. The second-order valence-corrected chi connectivity index (χ2v) is 5.55. The van der Waals surface area contributed by atoms with Crippen LogP contribution in [-0.4, -0.2) is 28.0 Å². The first-order valence-electron chi connectivity index (χ1n) is 7.00. The number of benzene rings is 1. The number of aromatic nitrogens is 2. The maximum absolute atomic E-state index is 12.4. The number of pyridine rings is 1. The summed E-state index contributed by atoms with van der Waals surface area (Å²) in [5.41, 5.74) is 1.98. The fraction of sp³-hybridized carbons (Fsp3) is 0.118. The molecule has 3 rings (SSSR count). The largest absolute Gasteiger partial charge is 0.355 e. The topological polar surface area (TPSA) is 59.2 Å². The van der Waals surface area contributed by atoms with E-state index in [1.165, 1.54) is 0 Å². The highest BCUT2D eigenvalue weighted by molar-refractivity contribution is 6.30. The van der Waals surface area contributed by atoms with Gasteiger partial charge in [-0.15, -0.1) is 0 Å². The molecule has 0 aliphatic carbocycles. The lowest BCUT2D eigenvalue weighted by Crippen LogP contribution is -2.26. The van der Waals surface area contributed by atoms with E-state index in [2.05, 4.69) is 10.1 Å². The zero-order valence-electron chi connectivity index (χ0n) is 12.4. The summed E-state index contributed by atoms with van der Waals surface area (Å²) in [4.78, 5) is 18.0. The minimum Gasteiger partial charge on any atom is -0.355 e. The van der Waals surface area contributed by atoms with Crippen LogP contribution in [0.2, 0.25) is 5.02 Å². The lowest BCUT2D eigenvalue weighted by molar-refractivity contribution is 0.0774. The van der Waals surface area contributed by atoms with Gasteiger partial charge in [0.15, 0.2) is 11.5 Å². The molecule has 0 bridgehead atoms. The third-order valence-electron chi connectivity index (χ3n) is 3.33. The third-order valence-corrected chi connectivity index (χ3v) is 3.56. The van der Waals surface area contributed by atoms with Gasteiger partial charge in [0.05, 0.1) is 0 Å². The van der Waals surface area contributed by atoms with Gasteiger partial charge >= 0.3 is 0 Å². The third kappa shape index (κ3) is 3.57. The summed E-state index contributed by atoms with van der Waals surface area (Å²) >= 11 is 5.96. The number of hydrogen-bond donors (Lipinski definition) is 0. The maximum atomic E-state index is 12.4. The van der Waals surface area contributed by atoms with Crippen molar-refractivity contribution in [3.63, 3.8) is 0 Å². The summed E-state index contributed by atoms with van der Waals surface area (Å²) in [5, 5.41) is 4.46. The van der Waals surface area contributed by atoms with Crippen molar-refractivity contribution < 1.29 is 9.32 Å². The van der Waals surface area contributed by atoms with Crippen LogP contribution in [0.1, 0.15) is 16.1 Å². The van der Waals surface area contributed by atoms with Crippen molar-refractivity contribution in [1.29, 1.82) is 0 Å². The Hall–Kier alpha value is -2.66. The quantitative estimate of drug-likeness (QED) is 0.733. The van der Waals surface area contributed by atoms with E-state index in [0.717, 1.165) is 11.1 Å². The van der Waals surface area contributed by atoms with E-state index >= 15 is 0 Å². The number of rotatable bonds is 4. The van der Waals surface area contributed by atoms with E-state index in [-0.39, 0.29) is 11.6 Å². The van der Waals surface area contributed by atoms with E-state index in [0.29, 0.717) is 17.3 Å². The molecule has 2 heterocycles. The number of carbonyl (C=O) groups excluding carboxylic acids is 1. The SMILES string of the molecule is CN(Cc1cccnc1)C(=O)c1cc(-c2cccc(Cl)c2)on1. The molecule has 1 amide bonds. The first kappa shape index (κ1) is 15.2. The average Bonchev–Trinajstić information content (AvgIpc) is 3.05. The molecule has 0 aliphatic heterocycles. The molecule has 0 saturated heterocycles. The molecule has 0 unspecified atom stereocenters. The summed E-state index contributed by atoms with van der Waals surface area (Å²) in [5.74, 6) is 0.288. The van der Waals surface area contributed by atoms with Gasteiger partial charge < -0.3 is 9.42 Å². The van der Waals surface area contributed by atoms with Gasteiger partial charge in [-0.05, 0) is 23.8 Å². The first-order valence-corrected chi connectivity index (χ1v) is 7.38. The lowest BCUT2D eigenvalue weighted by atomic mass is 10.1. The minimum atomic E-state index is -0.217. The van der Waals surface area contributed by atoms with Gasteiger partial charge in [-0.3, -0.25) is 9.78 Å². The summed E-state index contributed by atoms with van der Waals surface area (Å²) in [6, 6.07) is 12.6. The Bertz CT molecular complexity index is 817. The van der Waals surface area contributed by atoms with E-state index in [9.17, 15) is 4.79 Å². The van der Waals surface area contributed by atoms with Crippen LogP contribution in [0.4, 0.5) is 0 Å². The fourth-order valence-corrected chi connectivity index (χ4v) is 2.38. The predicted octanol–water partition coefficient (Wildman–Crippen LogP) is 3.66. The summed E-state index contributed by atoms with van der Waals surface area (Å²) < 4.78 is 5.26. The van der Waals surface area contributed by atoms with Crippen LogP contribution in [0.15, 0.2) is 59.4 Å². The summed E-state index contributed by atoms with van der Waals surface area (Å²) in [6.07, 6.45) is 3.42. The molecule has 0 fully saturated rings. The second kappa shape index (κ2) is 6.62. The van der Waals surface area contributed by atoms with Crippen molar-refractivity contribution >= 4 is 17.5 Å². The van der Waals surface area contributed by atoms with Crippen molar-refractivity contribution in [3.05, 3.63) is 71.1 Å². The monoisotopic (exact) mass is 327 g/mol. The molecule has 6 heteroatoms. The van der Waals surface area contributed by atoms with Crippen LogP contribution in [0.3, 0.4) is 0 Å². The maximum Gasteiger partial charge on any atom is 0.276 e. The van der Waals surface area contributed by atoms with E-state index < -0.39 is 0 Å².